The number of carbonyl (C=O) groups is 1. The molecule has 0 radical (unpaired) electrons. The molecule has 20 heavy (non-hydrogen) atoms. The average Bonchev–Trinajstić information content (AvgIpc) is 3.10. The van der Waals surface area contributed by atoms with Gasteiger partial charge in [0, 0.05) is 13.5 Å². The van der Waals surface area contributed by atoms with Gasteiger partial charge in [0.05, 0.1) is 16.7 Å². The summed E-state index contributed by atoms with van der Waals surface area (Å²) in [7, 11) is 0. The molecule has 0 aromatic carbocycles. The molecule has 1 fully saturated rings. The minimum absolute atomic E-state index is 0.00853. The van der Waals surface area contributed by atoms with Crippen molar-refractivity contribution in [2.45, 2.75) is 53.1 Å². The first-order valence-electron chi connectivity index (χ1n) is 7.22. The minimum Gasteiger partial charge on any atom is -0.486 e. The van der Waals surface area contributed by atoms with Crippen LogP contribution in [0.4, 0.5) is 10.7 Å². The van der Waals surface area contributed by atoms with E-state index in [1.54, 1.807) is 6.92 Å². The van der Waals surface area contributed by atoms with E-state index in [9.17, 15) is 4.79 Å². The first-order valence-corrected chi connectivity index (χ1v) is 8.04. The van der Waals surface area contributed by atoms with Gasteiger partial charge in [0.25, 0.3) is 0 Å². The summed E-state index contributed by atoms with van der Waals surface area (Å²) in [6, 6.07) is 0. The monoisotopic (exact) mass is 296 g/mol. The second-order valence-electron chi connectivity index (χ2n) is 5.93. The summed E-state index contributed by atoms with van der Waals surface area (Å²) in [5.74, 6) is 0.632. The van der Waals surface area contributed by atoms with Crippen molar-refractivity contribution in [1.82, 2.24) is 0 Å². The normalized spacial score (nSPS) is 16.2. The van der Waals surface area contributed by atoms with Gasteiger partial charge in [-0.25, -0.2) is 0 Å². The predicted molar refractivity (Wildman–Crippen MR) is 84.9 cm³/mol. The summed E-state index contributed by atoms with van der Waals surface area (Å²) < 4.78 is 5.80. The lowest BCUT2D eigenvalue weighted by atomic mass is 10.0. The van der Waals surface area contributed by atoms with Crippen LogP contribution in [-0.4, -0.2) is 18.4 Å². The Labute approximate surface area is 124 Å². The van der Waals surface area contributed by atoms with Crippen molar-refractivity contribution in [2.75, 3.05) is 17.6 Å². The SMILES string of the molecule is CCC1(CNc2sc(C(C)=O)c(N)c2OC(C)C)CC1. The maximum Gasteiger partial charge on any atom is 0.177 e. The molecule has 2 rings (SSSR count). The molecule has 1 aromatic heterocycles. The molecule has 5 heteroatoms. The Bertz CT molecular complexity index is 504. The predicted octanol–water partition coefficient (Wildman–Crippen LogP) is 3.92. The number of carbonyl (C=O) groups excluding carboxylic acids is 1. The highest BCUT2D eigenvalue weighted by atomic mass is 32.1. The van der Waals surface area contributed by atoms with E-state index in [0.717, 1.165) is 11.5 Å². The number of nitrogens with one attached hydrogen (secondary N) is 1. The molecule has 0 saturated heterocycles. The van der Waals surface area contributed by atoms with E-state index >= 15 is 0 Å². The first-order chi connectivity index (χ1) is 9.38. The summed E-state index contributed by atoms with van der Waals surface area (Å²) in [4.78, 5) is 12.2. The fourth-order valence-electron chi connectivity index (χ4n) is 2.26. The fourth-order valence-corrected chi connectivity index (χ4v) is 3.20. The van der Waals surface area contributed by atoms with Crippen molar-refractivity contribution in [3.8, 4) is 5.75 Å². The van der Waals surface area contributed by atoms with Crippen molar-refractivity contribution in [1.29, 1.82) is 0 Å². The van der Waals surface area contributed by atoms with Gasteiger partial charge in [-0.15, -0.1) is 11.3 Å². The Morgan fingerprint density at radius 1 is 1.50 bits per heavy atom. The lowest BCUT2D eigenvalue weighted by Crippen LogP contribution is -2.15. The maximum absolute atomic E-state index is 11.6. The smallest absolute Gasteiger partial charge is 0.177 e. The maximum atomic E-state index is 11.6. The molecule has 3 N–H and O–H groups in total. The Hall–Kier alpha value is -1.23. The van der Waals surface area contributed by atoms with Gasteiger partial charge < -0.3 is 15.8 Å². The van der Waals surface area contributed by atoms with Crippen LogP contribution in [-0.2, 0) is 0 Å². The zero-order chi connectivity index (χ0) is 14.9. The van der Waals surface area contributed by atoms with Crippen molar-refractivity contribution >= 4 is 27.8 Å². The van der Waals surface area contributed by atoms with Crippen molar-refractivity contribution in [3.05, 3.63) is 4.88 Å². The second-order valence-corrected chi connectivity index (χ2v) is 6.95. The molecular formula is C15H24N2O2S. The Morgan fingerprint density at radius 2 is 2.15 bits per heavy atom. The van der Waals surface area contributed by atoms with Crippen molar-refractivity contribution < 1.29 is 9.53 Å². The van der Waals surface area contributed by atoms with Crippen LogP contribution in [0.3, 0.4) is 0 Å². The molecule has 0 unspecified atom stereocenters. The van der Waals surface area contributed by atoms with Crippen LogP contribution in [0.2, 0.25) is 0 Å². The quantitative estimate of drug-likeness (QED) is 0.748. The van der Waals surface area contributed by atoms with E-state index in [1.165, 1.54) is 30.6 Å². The van der Waals surface area contributed by atoms with Crippen LogP contribution in [0.15, 0.2) is 0 Å². The van der Waals surface area contributed by atoms with Gasteiger partial charge >= 0.3 is 0 Å². The molecule has 4 nitrogen and oxygen atoms in total. The summed E-state index contributed by atoms with van der Waals surface area (Å²) in [6.07, 6.45) is 3.77. The number of rotatable bonds is 7. The zero-order valence-electron chi connectivity index (χ0n) is 12.7. The van der Waals surface area contributed by atoms with Gasteiger partial charge in [-0.2, -0.15) is 0 Å². The van der Waals surface area contributed by atoms with Crippen LogP contribution >= 0.6 is 11.3 Å². The minimum atomic E-state index is -0.00853. The number of Topliss-reactive ketones (excluding diaryl/α,β-unsaturated/α-hetero) is 1. The van der Waals surface area contributed by atoms with Crippen LogP contribution in [0.1, 0.15) is 56.6 Å². The highest BCUT2D eigenvalue weighted by Gasteiger charge is 2.40. The second kappa shape index (κ2) is 5.64. The standard InChI is InChI=1S/C15H24N2O2S/c1-5-15(6-7-15)8-17-14-12(19-9(2)3)11(16)13(20-14)10(4)18/h9,17H,5-8,16H2,1-4H3. The van der Waals surface area contributed by atoms with E-state index in [-0.39, 0.29) is 11.9 Å². The third kappa shape index (κ3) is 3.08. The van der Waals surface area contributed by atoms with E-state index < -0.39 is 0 Å². The molecule has 1 heterocycles. The van der Waals surface area contributed by atoms with E-state index in [4.69, 9.17) is 10.5 Å². The van der Waals surface area contributed by atoms with Crippen LogP contribution < -0.4 is 15.8 Å². The highest BCUT2D eigenvalue weighted by Crippen LogP contribution is 2.50. The molecule has 1 saturated carbocycles. The van der Waals surface area contributed by atoms with Gasteiger partial charge in [0.15, 0.2) is 11.5 Å². The number of hydrogen-bond acceptors (Lipinski definition) is 5. The lowest BCUT2D eigenvalue weighted by Gasteiger charge is -2.16. The first kappa shape index (κ1) is 15.2. The van der Waals surface area contributed by atoms with Gasteiger partial charge in [-0.05, 0) is 38.5 Å². The summed E-state index contributed by atoms with van der Waals surface area (Å²) in [5.41, 5.74) is 6.97. The Balaban J connectivity index is 2.21. The number of ketones is 1. The van der Waals surface area contributed by atoms with Crippen molar-refractivity contribution in [3.63, 3.8) is 0 Å². The fraction of sp³-hybridized carbons (Fsp3) is 0.667. The van der Waals surface area contributed by atoms with Gasteiger partial charge in [-0.3, -0.25) is 4.79 Å². The summed E-state index contributed by atoms with van der Waals surface area (Å²) in [5, 5.41) is 4.34. The summed E-state index contributed by atoms with van der Waals surface area (Å²) >= 11 is 1.40. The van der Waals surface area contributed by atoms with E-state index in [0.29, 0.717) is 21.7 Å². The third-order valence-corrected chi connectivity index (χ3v) is 5.15. The molecule has 0 atom stereocenters. The molecule has 0 spiro atoms. The van der Waals surface area contributed by atoms with Gasteiger partial charge in [0.2, 0.25) is 0 Å². The average molecular weight is 296 g/mol. The van der Waals surface area contributed by atoms with E-state index in [2.05, 4.69) is 12.2 Å². The molecule has 1 aliphatic carbocycles. The largest absolute Gasteiger partial charge is 0.486 e. The Morgan fingerprint density at radius 3 is 2.60 bits per heavy atom. The molecular weight excluding hydrogens is 272 g/mol. The third-order valence-electron chi connectivity index (χ3n) is 3.90. The van der Waals surface area contributed by atoms with Gasteiger partial charge in [0.1, 0.15) is 5.00 Å². The molecule has 0 bridgehead atoms. The molecule has 0 amide bonds. The topological polar surface area (TPSA) is 64.4 Å². The number of anilines is 2. The lowest BCUT2D eigenvalue weighted by molar-refractivity contribution is 0.102. The number of nitrogen functional groups attached to an aromatic ring is 1. The number of thiophene rings is 1. The number of nitrogens with two attached hydrogens (primary N) is 1. The molecule has 112 valence electrons. The van der Waals surface area contributed by atoms with Crippen LogP contribution in [0, 0.1) is 5.41 Å². The number of hydrogen-bond donors (Lipinski definition) is 2. The highest BCUT2D eigenvalue weighted by molar-refractivity contribution is 7.19. The van der Waals surface area contributed by atoms with Crippen molar-refractivity contribution in [2.24, 2.45) is 5.41 Å². The van der Waals surface area contributed by atoms with Crippen LogP contribution in [0.5, 0.6) is 5.75 Å². The Kier molecular flexibility index (Phi) is 4.28. The molecule has 1 aromatic rings. The summed E-state index contributed by atoms with van der Waals surface area (Å²) in [6.45, 7) is 8.62. The van der Waals surface area contributed by atoms with E-state index in [1.807, 2.05) is 13.8 Å². The van der Waals surface area contributed by atoms with Crippen LogP contribution in [0.25, 0.3) is 0 Å². The van der Waals surface area contributed by atoms with Gasteiger partial charge in [-0.1, -0.05) is 6.92 Å². The zero-order valence-corrected chi connectivity index (χ0v) is 13.5. The number of ether oxygens (including phenoxy) is 1. The molecule has 0 aliphatic heterocycles. The molecule has 1 aliphatic rings.